The van der Waals surface area contributed by atoms with Crippen LogP contribution in [0.2, 0.25) is 0 Å². The molecule has 0 unspecified atom stereocenters. The maximum Gasteiger partial charge on any atom is 0.319 e. The first-order valence-electron chi connectivity index (χ1n) is 6.46. The molecule has 1 aromatic carbocycles. The molecule has 112 valence electrons. The highest BCUT2D eigenvalue weighted by Crippen LogP contribution is 2.14. The second-order valence-corrected chi connectivity index (χ2v) is 4.40. The van der Waals surface area contributed by atoms with Gasteiger partial charge in [0, 0.05) is 5.69 Å². The smallest absolute Gasteiger partial charge is 0.319 e. The van der Waals surface area contributed by atoms with E-state index in [-0.39, 0.29) is 12.4 Å². The molecule has 0 saturated carbocycles. The van der Waals surface area contributed by atoms with Gasteiger partial charge in [-0.05, 0) is 36.4 Å². The molecule has 0 aliphatic heterocycles. The van der Waals surface area contributed by atoms with Crippen molar-refractivity contribution in [3.05, 3.63) is 54.3 Å². The van der Waals surface area contributed by atoms with Gasteiger partial charge in [0.25, 0.3) is 0 Å². The van der Waals surface area contributed by atoms with E-state index in [2.05, 4.69) is 25.8 Å². The number of carbonyl (C=O) groups is 1. The average molecular weight is 301 g/mol. The Morgan fingerprint density at radius 2 is 2.09 bits per heavy atom. The first kappa shape index (κ1) is 13.8. The van der Waals surface area contributed by atoms with E-state index in [9.17, 15) is 9.18 Å². The molecule has 8 heteroatoms. The third kappa shape index (κ3) is 3.29. The van der Waals surface area contributed by atoms with E-state index in [4.69, 9.17) is 4.42 Å². The monoisotopic (exact) mass is 301 g/mol. The van der Waals surface area contributed by atoms with Crippen molar-refractivity contribution in [2.45, 2.75) is 6.54 Å². The van der Waals surface area contributed by atoms with Gasteiger partial charge in [0.15, 0.2) is 5.76 Å². The van der Waals surface area contributed by atoms with E-state index in [1.54, 1.807) is 12.1 Å². The van der Waals surface area contributed by atoms with Gasteiger partial charge >= 0.3 is 6.03 Å². The van der Waals surface area contributed by atoms with Crippen LogP contribution < -0.4 is 10.6 Å². The molecule has 0 spiro atoms. The summed E-state index contributed by atoms with van der Waals surface area (Å²) in [6, 6.07) is 8.52. The minimum absolute atomic E-state index is 0.167. The Labute approximate surface area is 124 Å². The van der Waals surface area contributed by atoms with E-state index >= 15 is 0 Å². The molecule has 2 amide bonds. The number of nitrogens with zero attached hydrogens (tertiary/aromatic N) is 2. The van der Waals surface area contributed by atoms with Gasteiger partial charge in [-0.15, -0.1) is 5.10 Å². The number of nitrogens with one attached hydrogen (secondary N) is 3. The Hall–Kier alpha value is -3.16. The molecule has 3 aromatic rings. The van der Waals surface area contributed by atoms with Gasteiger partial charge in [0.1, 0.15) is 11.6 Å². The molecule has 3 rings (SSSR count). The maximum atomic E-state index is 12.8. The average Bonchev–Trinajstić information content (AvgIpc) is 3.18. The predicted octanol–water partition coefficient (Wildman–Crippen LogP) is 2.53. The maximum absolute atomic E-state index is 12.8. The predicted molar refractivity (Wildman–Crippen MR) is 76.3 cm³/mol. The number of halogens is 1. The zero-order valence-electron chi connectivity index (χ0n) is 11.3. The molecule has 22 heavy (non-hydrogen) atoms. The third-order valence-electron chi connectivity index (χ3n) is 2.79. The van der Waals surface area contributed by atoms with Crippen molar-refractivity contribution >= 4 is 11.7 Å². The normalized spacial score (nSPS) is 10.4. The molecule has 0 saturated heterocycles. The zero-order valence-corrected chi connectivity index (χ0v) is 11.3. The van der Waals surface area contributed by atoms with E-state index in [1.165, 1.54) is 30.5 Å². The van der Waals surface area contributed by atoms with Gasteiger partial charge in [-0.2, -0.15) is 0 Å². The van der Waals surface area contributed by atoms with Gasteiger partial charge in [-0.1, -0.05) is 0 Å². The van der Waals surface area contributed by atoms with Gasteiger partial charge in [0.2, 0.25) is 5.82 Å². The Morgan fingerprint density at radius 1 is 1.27 bits per heavy atom. The zero-order chi connectivity index (χ0) is 15.4. The number of rotatable bonds is 4. The summed E-state index contributed by atoms with van der Waals surface area (Å²) in [5.74, 6) is 1.08. The van der Waals surface area contributed by atoms with Crippen LogP contribution in [0.25, 0.3) is 11.6 Å². The van der Waals surface area contributed by atoms with Crippen LogP contribution in [0.5, 0.6) is 0 Å². The molecule has 0 aliphatic carbocycles. The lowest BCUT2D eigenvalue weighted by molar-refractivity contribution is 0.251. The number of hydrogen-bond donors (Lipinski definition) is 3. The molecule has 2 heterocycles. The molecule has 0 bridgehead atoms. The van der Waals surface area contributed by atoms with E-state index in [1.807, 2.05) is 0 Å². The number of H-pyrrole nitrogens is 1. The number of aromatic amines is 1. The van der Waals surface area contributed by atoms with E-state index in [0.29, 0.717) is 23.1 Å². The van der Waals surface area contributed by atoms with Crippen molar-refractivity contribution in [3.63, 3.8) is 0 Å². The first-order valence-corrected chi connectivity index (χ1v) is 6.46. The number of urea groups is 1. The molecule has 2 aromatic heterocycles. The minimum atomic E-state index is -0.428. The summed E-state index contributed by atoms with van der Waals surface area (Å²) in [6.07, 6.45) is 1.53. The standard InChI is InChI=1S/C14H12FN5O2/c15-9-3-5-10(6-4-9)17-14(21)16-8-12-18-13(20-19-12)11-2-1-7-22-11/h1-7H,8H2,(H2,16,17,21)(H,18,19,20). The summed E-state index contributed by atoms with van der Waals surface area (Å²) in [7, 11) is 0. The quantitative estimate of drug-likeness (QED) is 0.690. The first-order chi connectivity index (χ1) is 10.7. The number of hydrogen-bond acceptors (Lipinski definition) is 4. The largest absolute Gasteiger partial charge is 0.461 e. The highest BCUT2D eigenvalue weighted by Gasteiger charge is 2.09. The molecule has 0 aliphatic rings. The number of aromatic nitrogens is 3. The van der Waals surface area contributed by atoms with Crippen LogP contribution in [0.15, 0.2) is 47.1 Å². The lowest BCUT2D eigenvalue weighted by Gasteiger charge is -2.05. The van der Waals surface area contributed by atoms with Gasteiger partial charge in [-0.25, -0.2) is 14.2 Å². The fourth-order valence-corrected chi connectivity index (χ4v) is 1.76. The minimum Gasteiger partial charge on any atom is -0.461 e. The Bertz CT molecular complexity index is 752. The summed E-state index contributed by atoms with van der Waals surface area (Å²) in [6.45, 7) is 0.167. The summed E-state index contributed by atoms with van der Waals surface area (Å²) in [5.41, 5.74) is 0.493. The highest BCUT2D eigenvalue weighted by atomic mass is 19.1. The summed E-state index contributed by atoms with van der Waals surface area (Å²) in [5, 5.41) is 11.9. The Kier molecular flexibility index (Phi) is 3.82. The second-order valence-electron chi connectivity index (χ2n) is 4.40. The number of amides is 2. The van der Waals surface area contributed by atoms with Crippen molar-refractivity contribution in [1.29, 1.82) is 0 Å². The van der Waals surface area contributed by atoms with Crippen molar-refractivity contribution < 1.29 is 13.6 Å². The molecule has 0 atom stereocenters. The number of benzene rings is 1. The Balaban J connectivity index is 1.54. The van der Waals surface area contributed by atoms with Gasteiger partial charge in [0.05, 0.1) is 12.8 Å². The summed E-state index contributed by atoms with van der Waals surface area (Å²) in [4.78, 5) is 15.9. The van der Waals surface area contributed by atoms with E-state index in [0.717, 1.165) is 0 Å². The van der Waals surface area contributed by atoms with Crippen LogP contribution >= 0.6 is 0 Å². The molecule has 7 nitrogen and oxygen atoms in total. The van der Waals surface area contributed by atoms with Gasteiger partial charge in [-0.3, -0.25) is 5.10 Å². The van der Waals surface area contributed by atoms with Gasteiger partial charge < -0.3 is 15.1 Å². The topological polar surface area (TPSA) is 95.8 Å². The Morgan fingerprint density at radius 3 is 2.82 bits per heavy atom. The van der Waals surface area contributed by atoms with Crippen LogP contribution in [0.4, 0.5) is 14.9 Å². The molecule has 3 N–H and O–H groups in total. The van der Waals surface area contributed by atoms with Crippen LogP contribution in [0.1, 0.15) is 5.82 Å². The van der Waals surface area contributed by atoms with Crippen LogP contribution in [0, 0.1) is 5.82 Å². The molecular weight excluding hydrogens is 289 g/mol. The summed E-state index contributed by atoms with van der Waals surface area (Å²) >= 11 is 0. The van der Waals surface area contributed by atoms with Crippen molar-refractivity contribution in [2.24, 2.45) is 0 Å². The fraction of sp³-hybridized carbons (Fsp3) is 0.0714. The van der Waals surface area contributed by atoms with Crippen molar-refractivity contribution in [2.75, 3.05) is 5.32 Å². The molecular formula is C14H12FN5O2. The number of carbonyl (C=O) groups excluding carboxylic acids is 1. The lowest BCUT2D eigenvalue weighted by atomic mass is 10.3. The van der Waals surface area contributed by atoms with E-state index < -0.39 is 6.03 Å². The highest BCUT2D eigenvalue weighted by molar-refractivity contribution is 5.89. The molecule has 0 radical (unpaired) electrons. The number of furan rings is 1. The number of anilines is 1. The van der Waals surface area contributed by atoms with Crippen LogP contribution in [-0.4, -0.2) is 21.2 Å². The van der Waals surface area contributed by atoms with Crippen LogP contribution in [0.3, 0.4) is 0 Å². The lowest BCUT2D eigenvalue weighted by Crippen LogP contribution is -2.28. The third-order valence-corrected chi connectivity index (χ3v) is 2.79. The fourth-order valence-electron chi connectivity index (χ4n) is 1.76. The summed E-state index contributed by atoms with van der Waals surface area (Å²) < 4.78 is 17.9. The SMILES string of the molecule is O=C(NCc1nc(-c2ccco2)n[nH]1)Nc1ccc(F)cc1. The van der Waals surface area contributed by atoms with Crippen molar-refractivity contribution in [1.82, 2.24) is 20.5 Å². The molecule has 0 fully saturated rings. The second kappa shape index (κ2) is 6.08. The van der Waals surface area contributed by atoms with Crippen molar-refractivity contribution in [3.8, 4) is 11.6 Å². The van der Waals surface area contributed by atoms with Crippen LogP contribution in [-0.2, 0) is 6.54 Å².